The molecule has 0 unspecified atom stereocenters. The predicted octanol–water partition coefficient (Wildman–Crippen LogP) is 6.50. The lowest BCUT2D eigenvalue weighted by Gasteiger charge is -2.58. The Hall–Kier alpha value is -1.37. The first-order valence-corrected chi connectivity index (χ1v) is 12.6. The fraction of sp³-hybridized carbons (Fsp3) is 0.724. The summed E-state index contributed by atoms with van der Waals surface area (Å²) in [6, 6.07) is 0. The van der Waals surface area contributed by atoms with Crippen LogP contribution in [0.5, 0.6) is 0 Å². The van der Waals surface area contributed by atoms with Gasteiger partial charge in [-0.2, -0.15) is 0 Å². The Morgan fingerprint density at radius 3 is 2.59 bits per heavy atom. The molecule has 0 heterocycles. The Bertz CT molecular complexity index is 896. The van der Waals surface area contributed by atoms with Crippen LogP contribution in [0, 0.1) is 46.3 Å². The molecule has 0 spiro atoms. The van der Waals surface area contributed by atoms with E-state index >= 15 is 0 Å². The van der Waals surface area contributed by atoms with E-state index in [9.17, 15) is 14.6 Å². The topological polar surface area (TPSA) is 40.5 Å². The lowest BCUT2D eigenvalue weighted by atomic mass is 9.47. The van der Waals surface area contributed by atoms with Crippen LogP contribution in [0.3, 0.4) is 0 Å². The molecule has 2 nitrogen and oxygen atoms in total. The van der Waals surface area contributed by atoms with Gasteiger partial charge in [-0.25, -0.2) is 4.39 Å². The fourth-order valence-corrected chi connectivity index (χ4v) is 8.16. The van der Waals surface area contributed by atoms with Crippen molar-refractivity contribution < 1.29 is 14.6 Å². The van der Waals surface area contributed by atoms with Crippen molar-refractivity contribution in [1.82, 2.24) is 0 Å². The number of aliphatic hydroxyl groups excluding tert-OH is 1. The summed E-state index contributed by atoms with van der Waals surface area (Å²) in [4.78, 5) is 0. The minimum atomic E-state index is -1.05. The SMILES string of the molecule is C/C(F)=C\C=C(/C)C#C[C@@](C)(O)[C@H]1CC[C@H]2[C@@H]3CC=C4C[C@@H](O)CC[C@]4(C)[C@H]3CC[C@@]21C. The van der Waals surface area contributed by atoms with Crippen LogP contribution in [-0.2, 0) is 0 Å². The second-order valence-electron chi connectivity index (χ2n) is 11.8. The second-order valence-corrected chi connectivity index (χ2v) is 11.8. The van der Waals surface area contributed by atoms with Gasteiger partial charge in [0.2, 0.25) is 0 Å². The molecule has 4 aliphatic carbocycles. The summed E-state index contributed by atoms with van der Waals surface area (Å²) in [5.74, 6) is 8.15. The summed E-state index contributed by atoms with van der Waals surface area (Å²) in [5.41, 5.74) is 1.57. The van der Waals surface area contributed by atoms with E-state index in [1.807, 2.05) is 13.8 Å². The van der Waals surface area contributed by atoms with Gasteiger partial charge in [0.1, 0.15) is 5.60 Å². The van der Waals surface area contributed by atoms with Crippen LogP contribution < -0.4 is 0 Å². The number of hydrogen-bond acceptors (Lipinski definition) is 2. The Morgan fingerprint density at radius 1 is 1.12 bits per heavy atom. The maximum atomic E-state index is 13.0. The molecule has 3 saturated carbocycles. The quantitative estimate of drug-likeness (QED) is 0.292. The van der Waals surface area contributed by atoms with E-state index < -0.39 is 5.60 Å². The minimum absolute atomic E-state index is 0.0995. The Kier molecular flexibility index (Phi) is 6.27. The van der Waals surface area contributed by atoms with Crippen molar-refractivity contribution in [3.63, 3.8) is 0 Å². The van der Waals surface area contributed by atoms with Crippen LogP contribution in [0.15, 0.2) is 35.2 Å². The van der Waals surface area contributed by atoms with Crippen molar-refractivity contribution in [2.75, 3.05) is 0 Å². The van der Waals surface area contributed by atoms with Gasteiger partial charge in [0.25, 0.3) is 0 Å². The van der Waals surface area contributed by atoms with E-state index in [4.69, 9.17) is 0 Å². The summed E-state index contributed by atoms with van der Waals surface area (Å²) >= 11 is 0. The molecule has 32 heavy (non-hydrogen) atoms. The molecule has 176 valence electrons. The van der Waals surface area contributed by atoms with Crippen LogP contribution >= 0.6 is 0 Å². The number of aliphatic hydroxyl groups is 2. The molecule has 0 saturated heterocycles. The van der Waals surface area contributed by atoms with E-state index in [-0.39, 0.29) is 28.7 Å². The first-order valence-electron chi connectivity index (χ1n) is 12.6. The normalized spacial score (nSPS) is 43.8. The molecule has 0 amide bonds. The number of allylic oxidation sites excluding steroid dienone is 5. The van der Waals surface area contributed by atoms with Gasteiger partial charge in [-0.3, -0.25) is 0 Å². The average molecular weight is 441 g/mol. The van der Waals surface area contributed by atoms with Gasteiger partial charge in [0, 0.05) is 5.92 Å². The van der Waals surface area contributed by atoms with Gasteiger partial charge in [-0.1, -0.05) is 37.3 Å². The summed E-state index contributed by atoms with van der Waals surface area (Å²) in [6.07, 6.45) is 14.0. The molecule has 3 fully saturated rings. The highest BCUT2D eigenvalue weighted by atomic mass is 19.1. The molecule has 3 heteroatoms. The maximum absolute atomic E-state index is 13.0. The Labute approximate surface area is 194 Å². The Morgan fingerprint density at radius 2 is 1.88 bits per heavy atom. The van der Waals surface area contributed by atoms with Gasteiger partial charge in [-0.15, -0.1) is 0 Å². The third kappa shape index (κ3) is 4.03. The van der Waals surface area contributed by atoms with Crippen molar-refractivity contribution in [2.45, 2.75) is 97.7 Å². The molecule has 0 aliphatic heterocycles. The van der Waals surface area contributed by atoms with Crippen LogP contribution in [0.1, 0.15) is 86.0 Å². The summed E-state index contributed by atoms with van der Waals surface area (Å²) in [6.45, 7) is 10.0. The number of fused-ring (bicyclic) bond motifs is 5. The van der Waals surface area contributed by atoms with Crippen molar-refractivity contribution in [1.29, 1.82) is 0 Å². The van der Waals surface area contributed by atoms with Crippen molar-refractivity contribution >= 4 is 0 Å². The lowest BCUT2D eigenvalue weighted by Crippen LogP contribution is -2.52. The van der Waals surface area contributed by atoms with E-state index in [0.29, 0.717) is 17.8 Å². The van der Waals surface area contributed by atoms with Crippen LogP contribution in [0.4, 0.5) is 4.39 Å². The molecule has 0 aromatic carbocycles. The molecule has 2 N–H and O–H groups in total. The largest absolute Gasteiger partial charge is 0.393 e. The second kappa shape index (κ2) is 8.44. The van der Waals surface area contributed by atoms with E-state index in [1.54, 1.807) is 6.08 Å². The molecule has 0 radical (unpaired) electrons. The van der Waals surface area contributed by atoms with Crippen LogP contribution in [-0.4, -0.2) is 21.9 Å². The molecule has 4 rings (SSSR count). The zero-order chi connectivity index (χ0) is 23.3. The van der Waals surface area contributed by atoms with Gasteiger partial charge in [0.05, 0.1) is 11.9 Å². The minimum Gasteiger partial charge on any atom is -0.393 e. The molecule has 0 aromatic rings. The smallest absolute Gasteiger partial charge is 0.126 e. The molecule has 0 aromatic heterocycles. The average Bonchev–Trinajstić information content (AvgIpc) is 3.09. The highest BCUT2D eigenvalue weighted by molar-refractivity contribution is 5.34. The zero-order valence-corrected chi connectivity index (χ0v) is 20.5. The number of hydrogen-bond donors (Lipinski definition) is 2. The van der Waals surface area contributed by atoms with Gasteiger partial charge >= 0.3 is 0 Å². The van der Waals surface area contributed by atoms with E-state index in [0.717, 1.165) is 44.1 Å². The first-order chi connectivity index (χ1) is 15.0. The number of rotatable bonds is 2. The predicted molar refractivity (Wildman–Crippen MR) is 128 cm³/mol. The molecule has 4 aliphatic rings. The molecule has 0 bridgehead atoms. The maximum Gasteiger partial charge on any atom is 0.126 e. The zero-order valence-electron chi connectivity index (χ0n) is 20.5. The van der Waals surface area contributed by atoms with E-state index in [2.05, 4.69) is 31.8 Å². The summed E-state index contributed by atoms with van der Waals surface area (Å²) < 4.78 is 13.0. The standard InChI is InChI=1S/C29H41FO2/c1-19(6-7-20(2)30)12-17-29(5,32)26-11-10-24-23-9-8-21-18-22(31)13-15-27(21,3)25(23)14-16-28(24,26)4/h6-8,22-26,31-32H,9-11,13-16,18H2,1-5H3/b19-6+,20-7+/t22-,23-,24-,25-,26-,27-,28-,29+/m0/s1. The monoisotopic (exact) mass is 440 g/mol. The van der Waals surface area contributed by atoms with Crippen molar-refractivity contribution in [3.8, 4) is 11.8 Å². The molecular formula is C29H41FO2. The van der Waals surface area contributed by atoms with Gasteiger partial charge in [0.15, 0.2) is 0 Å². The highest BCUT2D eigenvalue weighted by Crippen LogP contribution is 2.67. The third-order valence-corrected chi connectivity index (χ3v) is 9.83. The van der Waals surface area contributed by atoms with Gasteiger partial charge < -0.3 is 10.2 Å². The Balaban J connectivity index is 1.57. The van der Waals surface area contributed by atoms with E-state index in [1.165, 1.54) is 31.4 Å². The highest BCUT2D eigenvalue weighted by Gasteiger charge is 2.61. The summed E-state index contributed by atoms with van der Waals surface area (Å²) in [5, 5.41) is 21.7. The van der Waals surface area contributed by atoms with Crippen molar-refractivity contribution in [2.24, 2.45) is 34.5 Å². The lowest BCUT2D eigenvalue weighted by molar-refractivity contribution is -0.0826. The number of halogens is 1. The van der Waals surface area contributed by atoms with Crippen molar-refractivity contribution in [3.05, 3.63) is 35.2 Å². The summed E-state index contributed by atoms with van der Waals surface area (Å²) in [7, 11) is 0. The third-order valence-electron chi connectivity index (χ3n) is 9.83. The fourth-order valence-electron chi connectivity index (χ4n) is 8.16. The first kappa shape index (κ1) is 23.8. The van der Waals surface area contributed by atoms with Gasteiger partial charge in [-0.05, 0) is 118 Å². The molecular weight excluding hydrogens is 399 g/mol. The molecule has 8 atom stereocenters. The van der Waals surface area contributed by atoms with Crippen LogP contribution in [0.25, 0.3) is 0 Å². The van der Waals surface area contributed by atoms with Crippen LogP contribution in [0.2, 0.25) is 0 Å².